The maximum Gasteiger partial charge on any atom is 0.324 e. The molecule has 0 aliphatic heterocycles. The Kier molecular flexibility index (Phi) is 6.27. The predicted octanol–water partition coefficient (Wildman–Crippen LogP) is 3.00. The predicted molar refractivity (Wildman–Crippen MR) is 87.5 cm³/mol. The Bertz CT molecular complexity index is 653. The maximum absolute atomic E-state index is 12.3. The van der Waals surface area contributed by atoms with Crippen molar-refractivity contribution in [2.45, 2.75) is 32.6 Å². The molecule has 0 spiro atoms. The minimum atomic E-state index is -3.75. The monoisotopic (exact) mass is 367 g/mol. The van der Waals surface area contributed by atoms with Gasteiger partial charge in [0.25, 0.3) is 0 Å². The van der Waals surface area contributed by atoms with E-state index in [1.54, 1.807) is 26.8 Å². The molecule has 1 rings (SSSR count). The van der Waals surface area contributed by atoms with Crippen molar-refractivity contribution in [2.24, 2.45) is 5.41 Å². The van der Waals surface area contributed by atoms with Crippen molar-refractivity contribution in [1.82, 2.24) is 4.72 Å². The van der Waals surface area contributed by atoms with E-state index in [0.29, 0.717) is 10.6 Å². The second-order valence-corrected chi connectivity index (χ2v) is 8.52. The molecular weight excluding hydrogens is 349 g/mol. The molecule has 1 aromatic rings. The van der Waals surface area contributed by atoms with Gasteiger partial charge in [-0.15, -0.1) is 0 Å². The molecule has 0 bridgehead atoms. The summed E-state index contributed by atoms with van der Waals surface area (Å²) in [6.07, 6.45) is 0. The van der Waals surface area contributed by atoms with Gasteiger partial charge in [0, 0.05) is 0 Å². The van der Waals surface area contributed by atoms with Crippen molar-refractivity contribution in [2.75, 3.05) is 7.11 Å². The number of methoxy groups -OCH3 is 1. The molecule has 124 valence electrons. The first-order valence-electron chi connectivity index (χ1n) is 6.48. The quantitative estimate of drug-likeness (QED) is 0.811. The minimum Gasteiger partial charge on any atom is -0.468 e. The van der Waals surface area contributed by atoms with Gasteiger partial charge in [0.1, 0.15) is 6.04 Å². The largest absolute Gasteiger partial charge is 0.468 e. The van der Waals surface area contributed by atoms with Gasteiger partial charge in [-0.3, -0.25) is 4.79 Å². The first-order valence-corrected chi connectivity index (χ1v) is 8.89. The Morgan fingerprint density at radius 2 is 1.86 bits per heavy atom. The second kappa shape index (κ2) is 7.17. The lowest BCUT2D eigenvalue weighted by Gasteiger charge is -2.28. The van der Waals surface area contributed by atoms with Crippen molar-refractivity contribution in [1.29, 1.82) is 0 Å². The summed E-state index contributed by atoms with van der Waals surface area (Å²) in [4.78, 5) is 11.8. The van der Waals surface area contributed by atoms with Crippen LogP contribution < -0.4 is 4.72 Å². The molecule has 1 atom stereocenters. The number of nitrogens with one attached hydrogen (secondary N) is 1. The van der Waals surface area contributed by atoms with Gasteiger partial charge in [-0.1, -0.05) is 50.0 Å². The third-order valence-corrected chi connectivity index (χ3v) is 4.99. The molecular formula is C14H19Cl2NO4S. The number of carbonyl (C=O) groups excluding carboxylic acids is 1. The summed E-state index contributed by atoms with van der Waals surface area (Å²) in [5.74, 6) is -0.946. The van der Waals surface area contributed by atoms with Crippen molar-refractivity contribution in [3.05, 3.63) is 33.8 Å². The van der Waals surface area contributed by atoms with E-state index >= 15 is 0 Å². The number of carbonyl (C=O) groups is 1. The van der Waals surface area contributed by atoms with Gasteiger partial charge in [0.05, 0.1) is 22.9 Å². The van der Waals surface area contributed by atoms with Crippen LogP contribution in [0.1, 0.15) is 26.3 Å². The number of hydrogen-bond acceptors (Lipinski definition) is 4. The molecule has 0 saturated heterocycles. The Morgan fingerprint density at radius 3 is 2.32 bits per heavy atom. The molecule has 22 heavy (non-hydrogen) atoms. The fourth-order valence-corrected chi connectivity index (χ4v) is 3.60. The summed E-state index contributed by atoms with van der Waals surface area (Å²) in [6.45, 7) is 5.24. The fraction of sp³-hybridized carbons (Fsp3) is 0.500. The van der Waals surface area contributed by atoms with E-state index in [9.17, 15) is 13.2 Å². The van der Waals surface area contributed by atoms with Crippen molar-refractivity contribution >= 4 is 39.2 Å². The van der Waals surface area contributed by atoms with E-state index in [1.165, 1.54) is 19.2 Å². The number of rotatable bonds is 5. The molecule has 0 aliphatic carbocycles. The molecule has 0 heterocycles. The van der Waals surface area contributed by atoms with E-state index in [2.05, 4.69) is 9.46 Å². The zero-order chi connectivity index (χ0) is 17.1. The molecule has 0 aromatic heterocycles. The van der Waals surface area contributed by atoms with Crippen molar-refractivity contribution in [3.8, 4) is 0 Å². The normalized spacial score (nSPS) is 13.7. The summed E-state index contributed by atoms with van der Waals surface area (Å²) < 4.78 is 31.6. The highest BCUT2D eigenvalue weighted by Gasteiger charge is 2.35. The summed E-state index contributed by atoms with van der Waals surface area (Å²) in [5, 5.41) is 0.618. The second-order valence-electron chi connectivity index (χ2n) is 5.95. The van der Waals surface area contributed by atoms with Crippen LogP contribution in [0.5, 0.6) is 0 Å². The molecule has 8 heteroatoms. The first-order chi connectivity index (χ1) is 9.96. The summed E-state index contributed by atoms with van der Waals surface area (Å²) in [7, 11) is -2.54. The number of halogens is 2. The minimum absolute atomic E-state index is 0.273. The van der Waals surface area contributed by atoms with E-state index in [1.807, 2.05) is 0 Å². The van der Waals surface area contributed by atoms with Crippen LogP contribution in [-0.4, -0.2) is 27.5 Å². The van der Waals surface area contributed by atoms with Crippen LogP contribution in [0.25, 0.3) is 0 Å². The summed E-state index contributed by atoms with van der Waals surface area (Å²) in [5.41, 5.74) is -0.155. The standard InChI is InChI=1S/C14H19Cl2NO4S/c1-14(2,3)12(13(18)21-4)17-22(19,20)8-9-5-6-10(15)11(16)7-9/h5-7,12,17H,8H2,1-4H3. The van der Waals surface area contributed by atoms with Crippen LogP contribution in [0.15, 0.2) is 18.2 Å². The smallest absolute Gasteiger partial charge is 0.324 e. The summed E-state index contributed by atoms with van der Waals surface area (Å²) in [6, 6.07) is 3.59. The van der Waals surface area contributed by atoms with Gasteiger partial charge in [-0.2, -0.15) is 0 Å². The SMILES string of the molecule is COC(=O)C(NS(=O)(=O)Cc1ccc(Cl)c(Cl)c1)C(C)(C)C. The summed E-state index contributed by atoms with van der Waals surface area (Å²) >= 11 is 11.7. The first kappa shape index (κ1) is 19.2. The lowest BCUT2D eigenvalue weighted by atomic mass is 9.87. The highest BCUT2D eigenvalue weighted by molar-refractivity contribution is 7.88. The fourth-order valence-electron chi connectivity index (χ4n) is 1.77. The van der Waals surface area contributed by atoms with Gasteiger partial charge >= 0.3 is 5.97 Å². The highest BCUT2D eigenvalue weighted by Crippen LogP contribution is 2.25. The van der Waals surface area contributed by atoms with Crippen molar-refractivity contribution in [3.63, 3.8) is 0 Å². The molecule has 0 fully saturated rings. The molecule has 1 N–H and O–H groups in total. The van der Waals surface area contributed by atoms with Gasteiger partial charge in [0.2, 0.25) is 10.0 Å². The third kappa shape index (κ3) is 5.43. The number of esters is 1. The van der Waals surface area contributed by atoms with Gasteiger partial charge in [-0.05, 0) is 23.1 Å². The molecule has 0 aliphatic rings. The van der Waals surface area contributed by atoms with Gasteiger partial charge in [0.15, 0.2) is 0 Å². The lowest BCUT2D eigenvalue weighted by molar-refractivity contribution is -0.145. The van der Waals surface area contributed by atoms with Crippen LogP contribution in [0.3, 0.4) is 0 Å². The lowest BCUT2D eigenvalue weighted by Crippen LogP contribution is -2.49. The average molecular weight is 368 g/mol. The molecule has 0 radical (unpaired) electrons. The molecule has 1 unspecified atom stereocenters. The Balaban J connectivity index is 2.98. The average Bonchev–Trinajstić information content (AvgIpc) is 2.38. The molecule has 1 aromatic carbocycles. The third-order valence-electron chi connectivity index (χ3n) is 2.94. The number of sulfonamides is 1. The van der Waals surface area contributed by atoms with Crippen LogP contribution in [-0.2, 0) is 25.3 Å². The van der Waals surface area contributed by atoms with Crippen LogP contribution in [0.2, 0.25) is 10.0 Å². The van der Waals surface area contributed by atoms with E-state index in [0.717, 1.165) is 0 Å². The van der Waals surface area contributed by atoms with E-state index < -0.39 is 27.4 Å². The van der Waals surface area contributed by atoms with Gasteiger partial charge < -0.3 is 4.74 Å². The van der Waals surface area contributed by atoms with Crippen LogP contribution in [0, 0.1) is 5.41 Å². The van der Waals surface area contributed by atoms with Crippen LogP contribution in [0.4, 0.5) is 0 Å². The number of hydrogen-bond donors (Lipinski definition) is 1. The van der Waals surface area contributed by atoms with Crippen molar-refractivity contribution < 1.29 is 17.9 Å². The number of ether oxygens (including phenoxy) is 1. The van der Waals surface area contributed by atoms with E-state index in [-0.39, 0.29) is 10.8 Å². The zero-order valence-electron chi connectivity index (χ0n) is 12.8. The Hall–Kier alpha value is -0.820. The van der Waals surface area contributed by atoms with Crippen LogP contribution >= 0.6 is 23.2 Å². The molecule has 0 saturated carbocycles. The maximum atomic E-state index is 12.3. The van der Waals surface area contributed by atoms with Gasteiger partial charge in [-0.25, -0.2) is 13.1 Å². The molecule has 0 amide bonds. The zero-order valence-corrected chi connectivity index (χ0v) is 15.1. The Morgan fingerprint density at radius 1 is 1.27 bits per heavy atom. The topological polar surface area (TPSA) is 72.5 Å². The number of benzene rings is 1. The highest BCUT2D eigenvalue weighted by atomic mass is 35.5. The Labute approximate surface area is 141 Å². The molecule has 5 nitrogen and oxygen atoms in total. The van der Waals surface area contributed by atoms with E-state index in [4.69, 9.17) is 23.2 Å².